The highest BCUT2D eigenvalue weighted by Crippen LogP contribution is 2.43. The number of halogens is 2. The van der Waals surface area contributed by atoms with Crippen LogP contribution in [0.15, 0.2) is 24.3 Å². The van der Waals surface area contributed by atoms with Gasteiger partial charge in [-0.1, -0.05) is 12.1 Å². The van der Waals surface area contributed by atoms with Crippen molar-refractivity contribution < 1.29 is 28.2 Å². The summed E-state index contributed by atoms with van der Waals surface area (Å²) in [6, 6.07) is 6.23. The van der Waals surface area contributed by atoms with E-state index in [1.165, 1.54) is 17.0 Å². The summed E-state index contributed by atoms with van der Waals surface area (Å²) in [5.41, 5.74) is -0.224. The molecule has 0 spiro atoms. The van der Waals surface area contributed by atoms with Crippen LogP contribution in [0.4, 0.5) is 13.6 Å². The van der Waals surface area contributed by atoms with E-state index < -0.39 is 18.0 Å². The number of carbonyl (C=O) groups excluding carboxylic acids is 1. The Bertz CT molecular complexity index is 730. The SMILES string of the molecule is CN(C)C(=O)N1CC2CN(Cc3cccc(OC(F)F)c3)CC2(C(=O)O)C1. The fraction of sp³-hybridized carbons (Fsp3) is 0.556. The lowest BCUT2D eigenvalue weighted by atomic mass is 9.81. The topological polar surface area (TPSA) is 73.3 Å². The minimum Gasteiger partial charge on any atom is -0.481 e. The van der Waals surface area contributed by atoms with Crippen LogP contribution in [0.25, 0.3) is 0 Å². The lowest BCUT2D eigenvalue weighted by molar-refractivity contribution is -0.148. The number of carboxylic acids is 1. The zero-order chi connectivity index (χ0) is 19.8. The second-order valence-corrected chi connectivity index (χ2v) is 7.41. The minimum atomic E-state index is -2.89. The second-order valence-electron chi connectivity index (χ2n) is 7.41. The number of alkyl halides is 2. The minimum absolute atomic E-state index is 0.0811. The van der Waals surface area contributed by atoms with Gasteiger partial charge in [-0.05, 0) is 17.7 Å². The Labute approximate surface area is 156 Å². The van der Waals surface area contributed by atoms with Crippen LogP contribution in [0.1, 0.15) is 5.56 Å². The molecule has 2 fully saturated rings. The van der Waals surface area contributed by atoms with Gasteiger partial charge >= 0.3 is 18.6 Å². The van der Waals surface area contributed by atoms with Gasteiger partial charge in [0.1, 0.15) is 11.2 Å². The average Bonchev–Trinajstić information content (AvgIpc) is 3.08. The molecule has 3 rings (SSSR count). The maximum Gasteiger partial charge on any atom is 0.387 e. The predicted octanol–water partition coefficient (Wildman–Crippen LogP) is 1.79. The van der Waals surface area contributed by atoms with Gasteiger partial charge in [0, 0.05) is 52.7 Å². The van der Waals surface area contributed by atoms with Crippen molar-refractivity contribution in [3.8, 4) is 5.75 Å². The van der Waals surface area contributed by atoms with Gasteiger partial charge in [-0.3, -0.25) is 9.69 Å². The van der Waals surface area contributed by atoms with Gasteiger partial charge in [0.25, 0.3) is 0 Å². The molecule has 1 aromatic carbocycles. The van der Waals surface area contributed by atoms with Crippen LogP contribution >= 0.6 is 0 Å². The summed E-state index contributed by atoms with van der Waals surface area (Å²) in [6.45, 7) is -1.04. The third-order valence-corrected chi connectivity index (χ3v) is 5.29. The summed E-state index contributed by atoms with van der Waals surface area (Å²) in [4.78, 5) is 29.3. The normalized spacial score (nSPS) is 24.9. The molecule has 0 radical (unpaired) electrons. The van der Waals surface area contributed by atoms with Gasteiger partial charge in [0.05, 0.1) is 0 Å². The lowest BCUT2D eigenvalue weighted by Crippen LogP contribution is -2.44. The maximum atomic E-state index is 12.4. The van der Waals surface area contributed by atoms with E-state index in [1.54, 1.807) is 31.1 Å². The third-order valence-electron chi connectivity index (χ3n) is 5.29. The maximum absolute atomic E-state index is 12.4. The molecule has 2 atom stereocenters. The second kappa shape index (κ2) is 7.30. The fourth-order valence-corrected chi connectivity index (χ4v) is 4.10. The molecular formula is C18H23F2N3O4. The number of fused-ring (bicyclic) bond motifs is 1. The number of carboxylic acid groups (broad SMARTS) is 1. The van der Waals surface area contributed by atoms with Gasteiger partial charge in [-0.25, -0.2) is 4.79 Å². The van der Waals surface area contributed by atoms with Crippen molar-refractivity contribution in [3.63, 3.8) is 0 Å². The van der Waals surface area contributed by atoms with Crippen LogP contribution in [0.3, 0.4) is 0 Å². The van der Waals surface area contributed by atoms with Crippen LogP contribution in [0.2, 0.25) is 0 Å². The Balaban J connectivity index is 1.70. The number of nitrogens with zero attached hydrogens (tertiary/aromatic N) is 3. The van der Waals surface area contributed by atoms with Crippen molar-refractivity contribution in [1.29, 1.82) is 0 Å². The number of ether oxygens (including phenoxy) is 1. The first kappa shape index (κ1) is 19.3. The van der Waals surface area contributed by atoms with E-state index in [0.29, 0.717) is 26.2 Å². The summed E-state index contributed by atoms with van der Waals surface area (Å²) < 4.78 is 29.2. The Morgan fingerprint density at radius 2 is 2.07 bits per heavy atom. The van der Waals surface area contributed by atoms with E-state index in [1.807, 2.05) is 4.90 Å². The Morgan fingerprint density at radius 1 is 1.33 bits per heavy atom. The zero-order valence-corrected chi connectivity index (χ0v) is 15.3. The van der Waals surface area contributed by atoms with Crippen molar-refractivity contribution in [2.45, 2.75) is 13.2 Å². The molecule has 0 aliphatic carbocycles. The summed E-state index contributed by atoms with van der Waals surface area (Å²) in [5.74, 6) is -0.990. The molecule has 27 heavy (non-hydrogen) atoms. The zero-order valence-electron chi connectivity index (χ0n) is 15.3. The van der Waals surface area contributed by atoms with E-state index >= 15 is 0 Å². The molecule has 1 N–H and O–H groups in total. The lowest BCUT2D eigenvalue weighted by Gasteiger charge is -2.27. The first-order valence-corrected chi connectivity index (χ1v) is 8.67. The van der Waals surface area contributed by atoms with Crippen molar-refractivity contribution in [3.05, 3.63) is 29.8 Å². The monoisotopic (exact) mass is 383 g/mol. The largest absolute Gasteiger partial charge is 0.481 e. The van der Waals surface area contributed by atoms with Gasteiger partial charge in [-0.2, -0.15) is 8.78 Å². The highest BCUT2D eigenvalue weighted by molar-refractivity contribution is 5.80. The number of carbonyl (C=O) groups is 2. The molecule has 2 saturated heterocycles. The molecule has 1 aromatic rings. The van der Waals surface area contributed by atoms with Gasteiger partial charge in [0.15, 0.2) is 0 Å². The molecule has 2 aliphatic rings. The molecule has 7 nitrogen and oxygen atoms in total. The predicted molar refractivity (Wildman–Crippen MR) is 92.6 cm³/mol. The standard InChI is InChI=1S/C18H23F2N3O4/c1-21(2)17(26)23-9-13-8-22(10-18(13,11-23)15(24)25)7-12-4-3-5-14(6-12)27-16(19)20/h3-6,13,16H,7-11H2,1-2H3,(H,24,25). The average molecular weight is 383 g/mol. The molecule has 0 saturated carbocycles. The number of benzene rings is 1. The fourth-order valence-electron chi connectivity index (χ4n) is 4.10. The quantitative estimate of drug-likeness (QED) is 0.839. The van der Waals surface area contributed by atoms with Crippen LogP contribution in [0, 0.1) is 11.3 Å². The molecule has 2 aliphatic heterocycles. The number of hydrogen-bond acceptors (Lipinski definition) is 4. The number of hydrogen-bond donors (Lipinski definition) is 1. The number of likely N-dealkylation sites (tertiary alicyclic amines) is 2. The van der Waals surface area contributed by atoms with Gasteiger partial charge in [0.2, 0.25) is 0 Å². The summed E-state index contributed by atoms with van der Waals surface area (Å²) in [5, 5.41) is 9.86. The molecule has 0 aromatic heterocycles. The van der Waals surface area contributed by atoms with Crippen LogP contribution < -0.4 is 4.74 Å². The molecule has 2 amide bonds. The molecule has 0 bridgehead atoms. The van der Waals surface area contributed by atoms with Crippen molar-refractivity contribution >= 4 is 12.0 Å². The molecular weight excluding hydrogens is 360 g/mol. The molecule has 2 heterocycles. The van der Waals surface area contributed by atoms with E-state index in [0.717, 1.165) is 5.56 Å². The van der Waals surface area contributed by atoms with E-state index in [4.69, 9.17) is 0 Å². The highest BCUT2D eigenvalue weighted by atomic mass is 19.3. The summed E-state index contributed by atoms with van der Waals surface area (Å²) >= 11 is 0. The molecule has 2 unspecified atom stereocenters. The first-order valence-electron chi connectivity index (χ1n) is 8.67. The smallest absolute Gasteiger partial charge is 0.387 e. The van der Waals surface area contributed by atoms with Crippen LogP contribution in [-0.2, 0) is 11.3 Å². The van der Waals surface area contributed by atoms with Crippen molar-refractivity contribution in [2.24, 2.45) is 11.3 Å². The Kier molecular flexibility index (Phi) is 5.23. The first-order chi connectivity index (χ1) is 12.7. The van der Waals surface area contributed by atoms with Crippen molar-refractivity contribution in [1.82, 2.24) is 14.7 Å². The van der Waals surface area contributed by atoms with Crippen LogP contribution in [-0.4, -0.2) is 78.7 Å². The van der Waals surface area contributed by atoms with E-state index in [9.17, 15) is 23.5 Å². The number of amides is 2. The molecule has 148 valence electrons. The Hall–Kier alpha value is -2.42. The molecule has 9 heteroatoms. The Morgan fingerprint density at radius 3 is 2.67 bits per heavy atom. The van der Waals surface area contributed by atoms with Crippen LogP contribution in [0.5, 0.6) is 5.75 Å². The third kappa shape index (κ3) is 3.83. The number of rotatable bonds is 5. The number of aliphatic carboxylic acids is 1. The number of urea groups is 1. The summed E-state index contributed by atoms with van der Waals surface area (Å²) in [6.07, 6.45) is 0. The van der Waals surface area contributed by atoms with Gasteiger partial charge < -0.3 is 19.6 Å². The van der Waals surface area contributed by atoms with Gasteiger partial charge in [-0.15, -0.1) is 0 Å². The summed E-state index contributed by atoms with van der Waals surface area (Å²) in [7, 11) is 3.29. The highest BCUT2D eigenvalue weighted by Gasteiger charge is 2.58. The van der Waals surface area contributed by atoms with Crippen molar-refractivity contribution in [2.75, 3.05) is 40.3 Å². The van der Waals surface area contributed by atoms with E-state index in [-0.39, 0.29) is 24.2 Å². The van der Waals surface area contributed by atoms with E-state index in [2.05, 4.69) is 4.74 Å².